The maximum Gasteiger partial charge on any atom is 0.220 e. The zero-order valence-corrected chi connectivity index (χ0v) is 11.2. The van der Waals surface area contributed by atoms with E-state index in [-0.39, 0.29) is 11.9 Å². The maximum absolute atomic E-state index is 11.8. The van der Waals surface area contributed by atoms with Gasteiger partial charge in [0.05, 0.1) is 0 Å². The van der Waals surface area contributed by atoms with Crippen molar-refractivity contribution >= 4 is 5.91 Å². The van der Waals surface area contributed by atoms with Crippen molar-refractivity contribution in [3.05, 3.63) is 0 Å². The van der Waals surface area contributed by atoms with E-state index >= 15 is 0 Å². The van der Waals surface area contributed by atoms with E-state index in [1.807, 2.05) is 0 Å². The Labute approximate surface area is 105 Å². The molecule has 0 spiro atoms. The van der Waals surface area contributed by atoms with E-state index in [0.717, 1.165) is 19.4 Å². The Morgan fingerprint density at radius 1 is 1.35 bits per heavy atom. The lowest BCUT2D eigenvalue weighted by Crippen LogP contribution is -2.37. The van der Waals surface area contributed by atoms with Crippen LogP contribution in [0.25, 0.3) is 0 Å². The van der Waals surface area contributed by atoms with Gasteiger partial charge in [-0.15, -0.1) is 0 Å². The number of nitrogens with one attached hydrogen (secondary N) is 1. The predicted octanol–water partition coefficient (Wildman–Crippen LogP) is 2.06. The summed E-state index contributed by atoms with van der Waals surface area (Å²) in [6, 6.07) is 0.242. The van der Waals surface area contributed by atoms with Gasteiger partial charge in [-0.25, -0.2) is 0 Å². The van der Waals surface area contributed by atoms with Gasteiger partial charge in [-0.3, -0.25) is 4.79 Å². The van der Waals surface area contributed by atoms with Crippen LogP contribution in [0.15, 0.2) is 0 Å². The van der Waals surface area contributed by atoms with Gasteiger partial charge in [-0.1, -0.05) is 26.7 Å². The van der Waals surface area contributed by atoms with Crippen LogP contribution in [-0.2, 0) is 4.79 Å². The van der Waals surface area contributed by atoms with Crippen LogP contribution in [0, 0.1) is 17.3 Å². The van der Waals surface area contributed by atoms with Gasteiger partial charge in [-0.2, -0.15) is 0 Å². The van der Waals surface area contributed by atoms with Crippen molar-refractivity contribution in [1.29, 1.82) is 0 Å². The highest BCUT2D eigenvalue weighted by Crippen LogP contribution is 2.50. The van der Waals surface area contributed by atoms with Crippen molar-refractivity contribution in [2.24, 2.45) is 23.0 Å². The molecule has 0 aliphatic heterocycles. The van der Waals surface area contributed by atoms with Gasteiger partial charge in [0.1, 0.15) is 0 Å². The third-order valence-electron chi connectivity index (χ3n) is 4.68. The molecule has 3 nitrogen and oxygen atoms in total. The Balaban J connectivity index is 1.66. The molecule has 0 aromatic carbocycles. The second-order valence-electron chi connectivity index (χ2n) is 6.61. The van der Waals surface area contributed by atoms with E-state index in [1.54, 1.807) is 0 Å². The van der Waals surface area contributed by atoms with Gasteiger partial charge in [0.25, 0.3) is 0 Å². The molecule has 1 amide bonds. The Morgan fingerprint density at radius 3 is 2.59 bits per heavy atom. The second kappa shape index (κ2) is 4.97. The largest absolute Gasteiger partial charge is 0.356 e. The van der Waals surface area contributed by atoms with Crippen molar-refractivity contribution in [2.45, 2.75) is 58.4 Å². The molecular weight excluding hydrogens is 212 g/mol. The minimum absolute atomic E-state index is 0.204. The fourth-order valence-electron chi connectivity index (χ4n) is 2.96. The molecule has 3 atom stereocenters. The van der Waals surface area contributed by atoms with Crippen molar-refractivity contribution in [2.75, 3.05) is 6.54 Å². The molecule has 0 radical (unpaired) electrons. The fraction of sp³-hybridized carbons (Fsp3) is 0.929. The van der Waals surface area contributed by atoms with Crippen LogP contribution in [0.1, 0.15) is 52.4 Å². The SMILES string of the molecule is CC1(C)CC1CNC(=O)CC1CCCCC1N. The zero-order valence-electron chi connectivity index (χ0n) is 11.2. The lowest BCUT2D eigenvalue weighted by molar-refractivity contribution is -0.122. The van der Waals surface area contributed by atoms with Crippen LogP contribution in [0.5, 0.6) is 0 Å². The summed E-state index contributed by atoms with van der Waals surface area (Å²) in [5, 5.41) is 3.07. The monoisotopic (exact) mass is 238 g/mol. The Kier molecular flexibility index (Phi) is 3.76. The Bertz CT molecular complexity index is 288. The highest BCUT2D eigenvalue weighted by molar-refractivity contribution is 5.76. The summed E-state index contributed by atoms with van der Waals surface area (Å²) >= 11 is 0. The van der Waals surface area contributed by atoms with Crippen molar-refractivity contribution < 1.29 is 4.79 Å². The minimum atomic E-state index is 0.204. The molecule has 3 heteroatoms. The van der Waals surface area contributed by atoms with E-state index in [4.69, 9.17) is 5.73 Å². The molecule has 0 aromatic rings. The first-order valence-electron chi connectivity index (χ1n) is 7.01. The smallest absolute Gasteiger partial charge is 0.220 e. The van der Waals surface area contributed by atoms with Crippen molar-refractivity contribution in [1.82, 2.24) is 5.32 Å². The summed E-state index contributed by atoms with van der Waals surface area (Å²) in [5.41, 5.74) is 6.51. The standard InChI is InChI=1S/C14H26N2O/c1-14(2)8-11(14)9-16-13(17)7-10-5-3-4-6-12(10)15/h10-12H,3-9,15H2,1-2H3,(H,16,17). The summed E-state index contributed by atoms with van der Waals surface area (Å²) in [5.74, 6) is 1.30. The van der Waals surface area contributed by atoms with Gasteiger partial charge < -0.3 is 11.1 Å². The first-order chi connectivity index (χ1) is 7.99. The van der Waals surface area contributed by atoms with Gasteiger partial charge in [0.2, 0.25) is 5.91 Å². The topological polar surface area (TPSA) is 55.1 Å². The molecule has 0 heterocycles. The fourth-order valence-corrected chi connectivity index (χ4v) is 2.96. The minimum Gasteiger partial charge on any atom is -0.356 e. The molecule has 17 heavy (non-hydrogen) atoms. The van der Waals surface area contributed by atoms with E-state index in [9.17, 15) is 4.79 Å². The number of carbonyl (C=O) groups excluding carboxylic acids is 1. The Hall–Kier alpha value is -0.570. The van der Waals surface area contributed by atoms with Gasteiger partial charge in [0.15, 0.2) is 0 Å². The number of carbonyl (C=O) groups is 1. The number of hydrogen-bond donors (Lipinski definition) is 2. The van der Waals surface area contributed by atoms with Crippen molar-refractivity contribution in [3.63, 3.8) is 0 Å². The van der Waals surface area contributed by atoms with E-state index in [2.05, 4.69) is 19.2 Å². The van der Waals surface area contributed by atoms with Gasteiger partial charge in [0, 0.05) is 19.0 Å². The molecule has 2 fully saturated rings. The summed E-state index contributed by atoms with van der Waals surface area (Å²) < 4.78 is 0. The molecule has 0 aromatic heterocycles. The summed E-state index contributed by atoms with van der Waals surface area (Å²) in [7, 11) is 0. The molecular formula is C14H26N2O. The van der Waals surface area contributed by atoms with E-state index in [1.165, 1.54) is 19.3 Å². The normalized spacial score (nSPS) is 35.4. The molecule has 2 aliphatic carbocycles. The average molecular weight is 238 g/mol. The quantitative estimate of drug-likeness (QED) is 0.787. The second-order valence-corrected chi connectivity index (χ2v) is 6.61. The summed E-state index contributed by atoms with van der Waals surface area (Å²) in [4.78, 5) is 11.8. The zero-order chi connectivity index (χ0) is 12.5. The van der Waals surface area contributed by atoms with Crippen LogP contribution in [0.4, 0.5) is 0 Å². The molecule has 2 aliphatic rings. The highest BCUT2D eigenvalue weighted by Gasteiger charge is 2.45. The van der Waals surface area contributed by atoms with Crippen LogP contribution in [0.2, 0.25) is 0 Å². The molecule has 3 N–H and O–H groups in total. The molecule has 0 saturated heterocycles. The first kappa shape index (κ1) is 12.9. The number of nitrogens with two attached hydrogens (primary N) is 1. The highest BCUT2D eigenvalue weighted by atomic mass is 16.1. The lowest BCUT2D eigenvalue weighted by Gasteiger charge is -2.28. The summed E-state index contributed by atoms with van der Waals surface area (Å²) in [6.07, 6.45) is 6.57. The van der Waals surface area contributed by atoms with Gasteiger partial charge in [-0.05, 0) is 36.5 Å². The van der Waals surface area contributed by atoms with Crippen LogP contribution >= 0.6 is 0 Å². The third kappa shape index (κ3) is 3.44. The number of rotatable bonds is 4. The average Bonchev–Trinajstić information content (AvgIpc) is 2.87. The van der Waals surface area contributed by atoms with Crippen LogP contribution in [0.3, 0.4) is 0 Å². The predicted molar refractivity (Wildman–Crippen MR) is 69.4 cm³/mol. The molecule has 2 saturated carbocycles. The number of amides is 1. The molecule has 0 bridgehead atoms. The van der Waals surface area contributed by atoms with Crippen molar-refractivity contribution in [3.8, 4) is 0 Å². The molecule has 98 valence electrons. The third-order valence-corrected chi connectivity index (χ3v) is 4.68. The molecule has 3 unspecified atom stereocenters. The first-order valence-corrected chi connectivity index (χ1v) is 7.01. The van der Waals surface area contributed by atoms with E-state index in [0.29, 0.717) is 23.7 Å². The van der Waals surface area contributed by atoms with E-state index < -0.39 is 0 Å². The summed E-state index contributed by atoms with van der Waals surface area (Å²) in [6.45, 7) is 5.38. The molecule has 2 rings (SSSR count). The van der Waals surface area contributed by atoms with Gasteiger partial charge >= 0.3 is 0 Å². The van der Waals surface area contributed by atoms with Crippen LogP contribution in [-0.4, -0.2) is 18.5 Å². The Morgan fingerprint density at radius 2 is 2.00 bits per heavy atom. The lowest BCUT2D eigenvalue weighted by atomic mass is 9.83. The van der Waals surface area contributed by atoms with Crippen LogP contribution < -0.4 is 11.1 Å². The maximum atomic E-state index is 11.8. The number of hydrogen-bond acceptors (Lipinski definition) is 2.